The van der Waals surface area contributed by atoms with Crippen molar-refractivity contribution in [1.82, 2.24) is 10.2 Å². The van der Waals surface area contributed by atoms with Crippen molar-refractivity contribution in [3.05, 3.63) is 90.0 Å². The van der Waals surface area contributed by atoms with Crippen LogP contribution in [-0.4, -0.2) is 49.6 Å². The Kier molecular flexibility index (Phi) is 11.7. The Labute approximate surface area is 232 Å². The molecule has 2 unspecified atom stereocenters. The fraction of sp³-hybridized carbons (Fsp3) is 0.375. The van der Waals surface area contributed by atoms with E-state index in [1.54, 1.807) is 19.1 Å². The zero-order valence-corrected chi connectivity index (χ0v) is 23.4. The summed E-state index contributed by atoms with van der Waals surface area (Å²) in [6.45, 7) is 4.68. The first-order chi connectivity index (χ1) is 18.9. The summed E-state index contributed by atoms with van der Waals surface area (Å²) < 4.78 is 16.4. The van der Waals surface area contributed by atoms with Crippen molar-refractivity contribution in [2.75, 3.05) is 20.8 Å². The first-order valence-corrected chi connectivity index (χ1v) is 13.5. The van der Waals surface area contributed by atoms with Gasteiger partial charge in [-0.1, -0.05) is 49.4 Å². The third kappa shape index (κ3) is 9.36. The molecular weight excluding hydrogens is 492 g/mol. The highest BCUT2D eigenvalue weighted by Gasteiger charge is 2.30. The molecule has 0 saturated carbocycles. The molecular formula is C32H40N2O5. The number of amides is 2. The molecule has 0 aliphatic carbocycles. The molecule has 0 saturated heterocycles. The van der Waals surface area contributed by atoms with Crippen molar-refractivity contribution in [1.29, 1.82) is 0 Å². The molecule has 0 radical (unpaired) electrons. The summed E-state index contributed by atoms with van der Waals surface area (Å²) in [6.07, 6.45) is 1.99. The predicted octanol–water partition coefficient (Wildman–Crippen LogP) is 5.42. The summed E-state index contributed by atoms with van der Waals surface area (Å²) in [6, 6.07) is 24.1. The molecule has 3 rings (SSSR count). The molecule has 0 aliphatic rings. The molecule has 0 bridgehead atoms. The lowest BCUT2D eigenvalue weighted by molar-refractivity contribution is -0.141. The number of rotatable bonds is 15. The summed E-state index contributed by atoms with van der Waals surface area (Å²) >= 11 is 0. The maximum absolute atomic E-state index is 13.7. The van der Waals surface area contributed by atoms with Gasteiger partial charge in [-0.15, -0.1) is 0 Å². The number of hydrogen-bond acceptors (Lipinski definition) is 5. The van der Waals surface area contributed by atoms with E-state index >= 15 is 0 Å². The second-order valence-electron chi connectivity index (χ2n) is 9.52. The van der Waals surface area contributed by atoms with Gasteiger partial charge in [-0.25, -0.2) is 0 Å². The van der Waals surface area contributed by atoms with Gasteiger partial charge in [-0.3, -0.25) is 9.59 Å². The average molecular weight is 533 g/mol. The molecule has 0 heterocycles. The molecule has 0 aromatic heterocycles. The molecule has 3 aromatic rings. The molecule has 39 heavy (non-hydrogen) atoms. The average Bonchev–Trinajstić information content (AvgIpc) is 2.97. The Morgan fingerprint density at radius 2 is 1.51 bits per heavy atom. The number of methoxy groups -OCH3 is 2. The van der Waals surface area contributed by atoms with E-state index in [1.165, 1.54) is 0 Å². The Balaban J connectivity index is 1.80. The zero-order valence-electron chi connectivity index (χ0n) is 23.4. The van der Waals surface area contributed by atoms with Gasteiger partial charge in [0.1, 0.15) is 23.3 Å². The molecule has 208 valence electrons. The number of carbonyl (C=O) groups excluding carboxylic acids is 2. The number of nitrogens with zero attached hydrogens (tertiary/aromatic N) is 1. The van der Waals surface area contributed by atoms with Gasteiger partial charge in [0, 0.05) is 25.4 Å². The van der Waals surface area contributed by atoms with E-state index in [0.717, 1.165) is 23.3 Å². The van der Waals surface area contributed by atoms with Crippen LogP contribution in [0.5, 0.6) is 17.2 Å². The van der Waals surface area contributed by atoms with Gasteiger partial charge in [0.25, 0.3) is 0 Å². The van der Waals surface area contributed by atoms with Crippen molar-refractivity contribution in [3.8, 4) is 17.2 Å². The predicted molar refractivity (Wildman–Crippen MR) is 153 cm³/mol. The van der Waals surface area contributed by atoms with Crippen LogP contribution in [0, 0.1) is 0 Å². The molecule has 0 spiro atoms. The fourth-order valence-corrected chi connectivity index (χ4v) is 4.19. The van der Waals surface area contributed by atoms with Crippen LogP contribution >= 0.6 is 0 Å². The van der Waals surface area contributed by atoms with Crippen molar-refractivity contribution in [3.63, 3.8) is 0 Å². The normalized spacial score (nSPS) is 12.2. The van der Waals surface area contributed by atoms with Gasteiger partial charge < -0.3 is 24.4 Å². The SMILES string of the molecule is CCC(C)NC(=O)C(Cc1ccccc1)N(Cc1cccc(OC)c1)C(=O)CCCOc1ccc(OC)cc1. The monoisotopic (exact) mass is 532 g/mol. The van der Waals surface area contributed by atoms with E-state index in [2.05, 4.69) is 5.32 Å². The lowest BCUT2D eigenvalue weighted by Gasteiger charge is -2.32. The van der Waals surface area contributed by atoms with Gasteiger partial charge >= 0.3 is 0 Å². The summed E-state index contributed by atoms with van der Waals surface area (Å²) in [5, 5.41) is 3.10. The Morgan fingerprint density at radius 1 is 0.846 bits per heavy atom. The molecule has 2 atom stereocenters. The largest absolute Gasteiger partial charge is 0.497 e. The molecule has 3 aromatic carbocycles. The van der Waals surface area contributed by atoms with Crippen LogP contribution in [0.3, 0.4) is 0 Å². The first-order valence-electron chi connectivity index (χ1n) is 13.5. The topological polar surface area (TPSA) is 77.1 Å². The van der Waals surface area contributed by atoms with E-state index in [9.17, 15) is 9.59 Å². The van der Waals surface area contributed by atoms with E-state index in [1.807, 2.05) is 92.7 Å². The van der Waals surface area contributed by atoms with Crippen molar-refractivity contribution < 1.29 is 23.8 Å². The third-order valence-electron chi connectivity index (χ3n) is 6.62. The standard InChI is InChI=1S/C32H40N2O5/c1-5-24(2)33-32(36)30(22-25-11-7-6-8-12-25)34(23-26-13-9-14-29(21-26)38-4)31(35)15-10-20-39-28-18-16-27(37-3)17-19-28/h6-9,11-14,16-19,21,24,30H,5,10,15,20,22-23H2,1-4H3,(H,33,36). The fourth-order valence-electron chi connectivity index (χ4n) is 4.19. The van der Waals surface area contributed by atoms with E-state index < -0.39 is 6.04 Å². The number of hydrogen-bond donors (Lipinski definition) is 1. The third-order valence-corrected chi connectivity index (χ3v) is 6.62. The minimum atomic E-state index is -0.664. The molecule has 7 heteroatoms. The molecule has 0 fully saturated rings. The Morgan fingerprint density at radius 3 is 2.18 bits per heavy atom. The summed E-state index contributed by atoms with van der Waals surface area (Å²) in [5.41, 5.74) is 1.89. The van der Waals surface area contributed by atoms with Crippen molar-refractivity contribution >= 4 is 11.8 Å². The first kappa shape index (κ1) is 29.6. The quantitative estimate of drug-likeness (QED) is 0.265. The van der Waals surface area contributed by atoms with Crippen LogP contribution in [0.1, 0.15) is 44.2 Å². The Bertz CT molecular complexity index is 1170. The van der Waals surface area contributed by atoms with Gasteiger partial charge in [0.15, 0.2) is 0 Å². The minimum Gasteiger partial charge on any atom is -0.497 e. The molecule has 7 nitrogen and oxygen atoms in total. The highest BCUT2D eigenvalue weighted by atomic mass is 16.5. The number of nitrogens with one attached hydrogen (secondary N) is 1. The van der Waals surface area contributed by atoms with Gasteiger partial charge in [-0.05, 0) is 67.3 Å². The van der Waals surface area contributed by atoms with E-state index in [0.29, 0.717) is 37.5 Å². The van der Waals surface area contributed by atoms with Crippen LogP contribution in [0.2, 0.25) is 0 Å². The smallest absolute Gasteiger partial charge is 0.243 e. The van der Waals surface area contributed by atoms with Crippen LogP contribution in [0.25, 0.3) is 0 Å². The van der Waals surface area contributed by atoms with Crippen LogP contribution in [0.15, 0.2) is 78.9 Å². The number of benzene rings is 3. The number of carbonyl (C=O) groups is 2. The molecule has 1 N–H and O–H groups in total. The highest BCUT2D eigenvalue weighted by Crippen LogP contribution is 2.21. The van der Waals surface area contributed by atoms with Crippen LogP contribution in [0.4, 0.5) is 0 Å². The van der Waals surface area contributed by atoms with Crippen molar-refractivity contribution in [2.24, 2.45) is 0 Å². The molecule has 0 aliphatic heterocycles. The zero-order chi connectivity index (χ0) is 28.0. The molecule has 2 amide bonds. The number of ether oxygens (including phenoxy) is 3. The minimum absolute atomic E-state index is 0.00226. The maximum atomic E-state index is 13.7. The second-order valence-corrected chi connectivity index (χ2v) is 9.52. The lowest BCUT2D eigenvalue weighted by Crippen LogP contribution is -2.52. The highest BCUT2D eigenvalue weighted by molar-refractivity contribution is 5.88. The van der Waals surface area contributed by atoms with Crippen LogP contribution in [-0.2, 0) is 22.6 Å². The van der Waals surface area contributed by atoms with E-state index in [-0.39, 0.29) is 24.3 Å². The van der Waals surface area contributed by atoms with Gasteiger partial charge in [-0.2, -0.15) is 0 Å². The van der Waals surface area contributed by atoms with E-state index in [4.69, 9.17) is 14.2 Å². The lowest BCUT2D eigenvalue weighted by atomic mass is 10.0. The second kappa shape index (κ2) is 15.4. The Hall–Kier alpha value is -4.00. The maximum Gasteiger partial charge on any atom is 0.243 e. The summed E-state index contributed by atoms with van der Waals surface area (Å²) in [4.78, 5) is 29.0. The van der Waals surface area contributed by atoms with Crippen molar-refractivity contribution in [2.45, 2.75) is 58.2 Å². The summed E-state index contributed by atoms with van der Waals surface area (Å²) in [7, 11) is 3.23. The summed E-state index contributed by atoms with van der Waals surface area (Å²) in [5.74, 6) is 1.92. The van der Waals surface area contributed by atoms with Crippen LogP contribution < -0.4 is 19.5 Å². The van der Waals surface area contributed by atoms with Gasteiger partial charge in [0.05, 0.1) is 20.8 Å². The van der Waals surface area contributed by atoms with Gasteiger partial charge in [0.2, 0.25) is 11.8 Å².